The Bertz CT molecular complexity index is 616. The van der Waals surface area contributed by atoms with E-state index in [2.05, 4.69) is 16.4 Å². The highest BCUT2D eigenvalue weighted by atomic mass is 35.5. The summed E-state index contributed by atoms with van der Waals surface area (Å²) in [5.74, 6) is 0. The van der Waals surface area contributed by atoms with E-state index in [0.717, 1.165) is 33.0 Å². The Morgan fingerprint density at radius 1 is 1.56 bits per heavy atom. The molecule has 0 saturated carbocycles. The van der Waals surface area contributed by atoms with Crippen LogP contribution in [0.25, 0.3) is 15.9 Å². The van der Waals surface area contributed by atoms with Gasteiger partial charge in [0.15, 0.2) is 0 Å². The van der Waals surface area contributed by atoms with Crippen LogP contribution in [0.3, 0.4) is 0 Å². The van der Waals surface area contributed by atoms with Crippen LogP contribution in [0.15, 0.2) is 24.3 Å². The van der Waals surface area contributed by atoms with Crippen LogP contribution in [-0.4, -0.2) is 16.7 Å². The predicted octanol–water partition coefficient (Wildman–Crippen LogP) is 3.77. The first kappa shape index (κ1) is 13.1. The van der Waals surface area contributed by atoms with E-state index in [0.29, 0.717) is 0 Å². The fourth-order valence-corrected chi connectivity index (χ4v) is 2.74. The Morgan fingerprint density at radius 3 is 3.00 bits per heavy atom. The van der Waals surface area contributed by atoms with Gasteiger partial charge in [0.05, 0.1) is 15.2 Å². The van der Waals surface area contributed by atoms with Crippen molar-refractivity contribution in [1.29, 1.82) is 5.41 Å². The number of allylic oxidation sites excluding steroid dienone is 1. The first-order valence-electron chi connectivity index (χ1n) is 5.67. The average Bonchev–Trinajstić information content (AvgIpc) is 2.66. The zero-order valence-corrected chi connectivity index (χ0v) is 11.8. The van der Waals surface area contributed by atoms with Crippen LogP contribution in [0, 0.1) is 12.3 Å². The number of halogens is 1. The molecule has 0 bridgehead atoms. The van der Waals surface area contributed by atoms with Gasteiger partial charge in [-0.15, -0.1) is 11.3 Å². The Labute approximate surface area is 115 Å². The highest BCUT2D eigenvalue weighted by molar-refractivity contribution is 7.18. The maximum atomic E-state index is 7.36. The standard InChI is InChI=1S/C13H14ClN3S/c1-3-16-11(7-13(14)15)9-4-5-10-12(6-9)18-8(2)17-10/h4-7,15-16H,3H2,1-2H3. The van der Waals surface area contributed by atoms with Gasteiger partial charge in [0.2, 0.25) is 0 Å². The molecule has 1 aromatic carbocycles. The lowest BCUT2D eigenvalue weighted by Crippen LogP contribution is -2.11. The fourth-order valence-electron chi connectivity index (χ4n) is 1.76. The molecule has 3 nitrogen and oxygen atoms in total. The van der Waals surface area contributed by atoms with Gasteiger partial charge in [0.25, 0.3) is 0 Å². The lowest BCUT2D eigenvalue weighted by atomic mass is 10.1. The second-order valence-electron chi connectivity index (χ2n) is 3.85. The summed E-state index contributed by atoms with van der Waals surface area (Å²) < 4.78 is 1.15. The number of hydrogen-bond acceptors (Lipinski definition) is 4. The SMILES string of the molecule is CCNC(=CC(=N)Cl)c1ccc2nc(C)sc2c1. The third kappa shape index (κ3) is 2.89. The molecule has 2 aromatic rings. The number of fused-ring (bicyclic) bond motifs is 1. The van der Waals surface area contributed by atoms with Crippen molar-refractivity contribution in [3.05, 3.63) is 34.8 Å². The van der Waals surface area contributed by atoms with Crippen LogP contribution in [0.4, 0.5) is 0 Å². The maximum absolute atomic E-state index is 7.36. The number of aromatic nitrogens is 1. The Balaban J connectivity index is 2.47. The maximum Gasteiger partial charge on any atom is 0.122 e. The van der Waals surface area contributed by atoms with Crippen LogP contribution >= 0.6 is 22.9 Å². The lowest BCUT2D eigenvalue weighted by molar-refractivity contribution is 0.941. The summed E-state index contributed by atoms with van der Waals surface area (Å²) in [4.78, 5) is 4.43. The van der Waals surface area contributed by atoms with Crippen LogP contribution in [-0.2, 0) is 0 Å². The van der Waals surface area contributed by atoms with Gasteiger partial charge in [0.1, 0.15) is 5.17 Å². The Morgan fingerprint density at radius 2 is 2.33 bits per heavy atom. The van der Waals surface area contributed by atoms with Gasteiger partial charge in [0, 0.05) is 12.2 Å². The van der Waals surface area contributed by atoms with E-state index in [-0.39, 0.29) is 5.17 Å². The van der Waals surface area contributed by atoms with E-state index in [9.17, 15) is 0 Å². The minimum Gasteiger partial charge on any atom is -0.385 e. The van der Waals surface area contributed by atoms with Crippen molar-refractivity contribution in [2.24, 2.45) is 0 Å². The highest BCUT2D eigenvalue weighted by Gasteiger charge is 2.05. The van der Waals surface area contributed by atoms with Crippen molar-refractivity contribution in [1.82, 2.24) is 10.3 Å². The zero-order chi connectivity index (χ0) is 13.1. The van der Waals surface area contributed by atoms with E-state index < -0.39 is 0 Å². The predicted molar refractivity (Wildman–Crippen MR) is 79.6 cm³/mol. The van der Waals surface area contributed by atoms with Gasteiger partial charge >= 0.3 is 0 Å². The Kier molecular flexibility index (Phi) is 3.99. The summed E-state index contributed by atoms with van der Waals surface area (Å²) >= 11 is 7.31. The van der Waals surface area contributed by atoms with Crippen molar-refractivity contribution >= 4 is 44.0 Å². The monoisotopic (exact) mass is 279 g/mol. The topological polar surface area (TPSA) is 48.8 Å². The zero-order valence-electron chi connectivity index (χ0n) is 10.2. The molecular formula is C13H14ClN3S. The van der Waals surface area contributed by atoms with Crippen LogP contribution in [0.2, 0.25) is 0 Å². The number of hydrogen-bond donors (Lipinski definition) is 2. The lowest BCUT2D eigenvalue weighted by Gasteiger charge is -2.09. The number of rotatable bonds is 4. The molecule has 94 valence electrons. The number of aryl methyl sites for hydroxylation is 1. The quantitative estimate of drug-likeness (QED) is 0.837. The van der Waals surface area contributed by atoms with Gasteiger partial charge in [-0.2, -0.15) is 0 Å². The molecule has 0 fully saturated rings. The van der Waals surface area contributed by atoms with Gasteiger partial charge in [-0.3, -0.25) is 5.41 Å². The first-order chi connectivity index (χ1) is 8.60. The summed E-state index contributed by atoms with van der Waals surface area (Å²) in [6, 6.07) is 6.07. The number of benzene rings is 1. The van der Waals surface area contributed by atoms with E-state index in [1.165, 1.54) is 0 Å². The summed E-state index contributed by atoms with van der Waals surface area (Å²) in [6.07, 6.45) is 1.63. The summed E-state index contributed by atoms with van der Waals surface area (Å²) in [7, 11) is 0. The molecule has 5 heteroatoms. The molecule has 0 aliphatic heterocycles. The summed E-state index contributed by atoms with van der Waals surface area (Å²) in [6.45, 7) is 4.80. The van der Waals surface area contributed by atoms with Gasteiger partial charge < -0.3 is 5.32 Å². The van der Waals surface area contributed by atoms with Crippen molar-refractivity contribution in [2.45, 2.75) is 13.8 Å². The van der Waals surface area contributed by atoms with Gasteiger partial charge in [-0.05, 0) is 37.6 Å². The molecule has 0 saturated heterocycles. The molecule has 0 aliphatic carbocycles. The van der Waals surface area contributed by atoms with Crippen molar-refractivity contribution in [3.63, 3.8) is 0 Å². The van der Waals surface area contributed by atoms with E-state index in [4.69, 9.17) is 17.0 Å². The summed E-state index contributed by atoms with van der Waals surface area (Å²) in [5, 5.41) is 11.7. The molecule has 1 heterocycles. The average molecular weight is 280 g/mol. The van der Waals surface area contributed by atoms with Crippen molar-refractivity contribution in [3.8, 4) is 0 Å². The molecule has 0 radical (unpaired) electrons. The molecule has 0 amide bonds. The van der Waals surface area contributed by atoms with Crippen LogP contribution in [0.1, 0.15) is 17.5 Å². The van der Waals surface area contributed by atoms with E-state index in [1.54, 1.807) is 17.4 Å². The largest absolute Gasteiger partial charge is 0.385 e. The number of nitrogens with one attached hydrogen (secondary N) is 2. The van der Waals surface area contributed by atoms with Crippen molar-refractivity contribution < 1.29 is 0 Å². The minimum absolute atomic E-state index is 0.0199. The fraction of sp³-hybridized carbons (Fsp3) is 0.231. The molecule has 0 unspecified atom stereocenters. The van der Waals surface area contributed by atoms with E-state index >= 15 is 0 Å². The highest BCUT2D eigenvalue weighted by Crippen LogP contribution is 2.25. The second kappa shape index (κ2) is 5.50. The molecule has 18 heavy (non-hydrogen) atoms. The molecule has 2 N–H and O–H groups in total. The normalized spacial score (nSPS) is 11.8. The smallest absolute Gasteiger partial charge is 0.122 e. The van der Waals surface area contributed by atoms with E-state index in [1.807, 2.05) is 26.0 Å². The molecule has 1 aromatic heterocycles. The number of nitrogens with zero attached hydrogens (tertiary/aromatic N) is 1. The third-order valence-corrected chi connectivity index (χ3v) is 3.49. The third-order valence-electron chi connectivity index (χ3n) is 2.44. The van der Waals surface area contributed by atoms with Gasteiger partial charge in [-0.25, -0.2) is 4.98 Å². The first-order valence-corrected chi connectivity index (χ1v) is 6.86. The van der Waals surface area contributed by atoms with Gasteiger partial charge in [-0.1, -0.05) is 17.7 Å². The summed E-state index contributed by atoms with van der Waals surface area (Å²) in [5.41, 5.74) is 2.90. The number of thiazole rings is 1. The van der Waals surface area contributed by atoms with Crippen molar-refractivity contribution in [2.75, 3.05) is 6.54 Å². The second-order valence-corrected chi connectivity index (χ2v) is 5.49. The molecule has 0 spiro atoms. The molecule has 0 atom stereocenters. The Hall–Kier alpha value is -1.39. The van der Waals surface area contributed by atoms with Crippen LogP contribution < -0.4 is 5.32 Å². The molecular weight excluding hydrogens is 266 g/mol. The molecule has 2 rings (SSSR count). The van der Waals surface area contributed by atoms with Crippen LogP contribution in [0.5, 0.6) is 0 Å². The minimum atomic E-state index is 0.0199. The molecule has 0 aliphatic rings.